The zero-order valence-corrected chi connectivity index (χ0v) is 15.0. The van der Waals surface area contributed by atoms with Gasteiger partial charge in [0, 0.05) is 19.1 Å². The number of amides is 1. The summed E-state index contributed by atoms with van der Waals surface area (Å²) in [5.74, 6) is 0.131. The molecule has 4 heteroatoms. The predicted octanol–water partition coefficient (Wildman–Crippen LogP) is 2.61. The maximum Gasteiger partial charge on any atom is 0.239 e. The zero-order chi connectivity index (χ0) is 16.9. The molecule has 0 bridgehead atoms. The maximum absolute atomic E-state index is 12.7. The summed E-state index contributed by atoms with van der Waals surface area (Å²) in [6.07, 6.45) is 5.93. The number of nitrogens with zero attached hydrogens (tertiary/aromatic N) is 1. The summed E-state index contributed by atoms with van der Waals surface area (Å²) in [5.41, 5.74) is 3.86. The van der Waals surface area contributed by atoms with E-state index in [-0.39, 0.29) is 11.9 Å². The van der Waals surface area contributed by atoms with Gasteiger partial charge in [-0.3, -0.25) is 9.69 Å². The SMILES string of the molecule is Cc1cc(C)cc(CCNC(=O)C2COCCN2C2CCCC2)c1. The molecule has 1 amide bonds. The molecule has 2 aliphatic rings. The number of hydrogen-bond donors (Lipinski definition) is 1. The van der Waals surface area contributed by atoms with Crippen LogP contribution in [0.5, 0.6) is 0 Å². The lowest BCUT2D eigenvalue weighted by Crippen LogP contribution is -2.56. The highest BCUT2D eigenvalue weighted by molar-refractivity contribution is 5.82. The van der Waals surface area contributed by atoms with E-state index in [0.717, 1.165) is 19.6 Å². The van der Waals surface area contributed by atoms with Gasteiger partial charge in [0.25, 0.3) is 0 Å². The first kappa shape index (κ1) is 17.4. The minimum Gasteiger partial charge on any atom is -0.378 e. The van der Waals surface area contributed by atoms with Crippen LogP contribution in [0.25, 0.3) is 0 Å². The number of benzene rings is 1. The Morgan fingerprint density at radius 1 is 1.21 bits per heavy atom. The first-order valence-electron chi connectivity index (χ1n) is 9.32. The van der Waals surface area contributed by atoms with Crippen LogP contribution in [0.2, 0.25) is 0 Å². The van der Waals surface area contributed by atoms with E-state index < -0.39 is 0 Å². The summed E-state index contributed by atoms with van der Waals surface area (Å²) < 4.78 is 5.59. The lowest BCUT2D eigenvalue weighted by Gasteiger charge is -2.38. The number of rotatable bonds is 5. The Balaban J connectivity index is 1.53. The molecule has 1 unspecified atom stereocenters. The standard InChI is InChI=1S/C20H30N2O2/c1-15-11-16(2)13-17(12-15)7-8-21-20(23)19-14-24-10-9-22(19)18-5-3-4-6-18/h11-13,18-19H,3-10,14H2,1-2H3,(H,21,23). The van der Waals surface area contributed by atoms with Crippen molar-refractivity contribution in [2.75, 3.05) is 26.3 Å². The van der Waals surface area contributed by atoms with Crippen LogP contribution in [0.3, 0.4) is 0 Å². The van der Waals surface area contributed by atoms with E-state index in [1.807, 2.05) is 0 Å². The second-order valence-electron chi connectivity index (χ2n) is 7.30. The topological polar surface area (TPSA) is 41.6 Å². The average Bonchev–Trinajstić information content (AvgIpc) is 3.08. The zero-order valence-electron chi connectivity index (χ0n) is 15.0. The molecule has 1 N–H and O–H groups in total. The third-order valence-electron chi connectivity index (χ3n) is 5.26. The normalized spacial score (nSPS) is 22.7. The van der Waals surface area contributed by atoms with Crippen molar-refractivity contribution in [2.45, 2.75) is 58.0 Å². The van der Waals surface area contributed by atoms with E-state index in [1.54, 1.807) is 0 Å². The first-order chi connectivity index (χ1) is 11.6. The van der Waals surface area contributed by atoms with Crippen LogP contribution in [0.4, 0.5) is 0 Å². The minimum absolute atomic E-state index is 0.110. The number of morpholine rings is 1. The van der Waals surface area contributed by atoms with Crippen molar-refractivity contribution >= 4 is 5.91 Å². The molecule has 3 rings (SSSR count). The van der Waals surface area contributed by atoms with Crippen LogP contribution in [0.1, 0.15) is 42.4 Å². The van der Waals surface area contributed by atoms with Crippen molar-refractivity contribution in [3.8, 4) is 0 Å². The van der Waals surface area contributed by atoms with Gasteiger partial charge in [-0.05, 0) is 38.7 Å². The fourth-order valence-electron chi connectivity index (χ4n) is 4.18. The number of ether oxygens (including phenoxy) is 1. The van der Waals surface area contributed by atoms with Crippen LogP contribution >= 0.6 is 0 Å². The highest BCUT2D eigenvalue weighted by atomic mass is 16.5. The largest absolute Gasteiger partial charge is 0.378 e. The quantitative estimate of drug-likeness (QED) is 0.902. The molecule has 0 aromatic heterocycles. The van der Waals surface area contributed by atoms with Crippen molar-refractivity contribution < 1.29 is 9.53 Å². The molecule has 1 heterocycles. The Morgan fingerprint density at radius 2 is 1.92 bits per heavy atom. The summed E-state index contributed by atoms with van der Waals surface area (Å²) in [6, 6.07) is 7.05. The lowest BCUT2D eigenvalue weighted by molar-refractivity contribution is -0.134. The van der Waals surface area contributed by atoms with Gasteiger partial charge in [-0.25, -0.2) is 0 Å². The van der Waals surface area contributed by atoms with E-state index in [4.69, 9.17) is 4.74 Å². The Bertz CT molecular complexity index is 547. The maximum atomic E-state index is 12.7. The van der Waals surface area contributed by atoms with Gasteiger partial charge in [-0.15, -0.1) is 0 Å². The van der Waals surface area contributed by atoms with Gasteiger partial charge >= 0.3 is 0 Å². The number of carbonyl (C=O) groups is 1. The van der Waals surface area contributed by atoms with Gasteiger partial charge in [0.2, 0.25) is 5.91 Å². The van der Waals surface area contributed by atoms with Gasteiger partial charge in [0.15, 0.2) is 0 Å². The fraction of sp³-hybridized carbons (Fsp3) is 0.650. The van der Waals surface area contributed by atoms with E-state index >= 15 is 0 Å². The Labute approximate surface area is 145 Å². The number of aryl methyl sites for hydroxylation is 2. The fourth-order valence-corrected chi connectivity index (χ4v) is 4.18. The van der Waals surface area contributed by atoms with E-state index in [1.165, 1.54) is 42.4 Å². The molecule has 0 radical (unpaired) electrons. The van der Waals surface area contributed by atoms with E-state index in [2.05, 4.69) is 42.3 Å². The highest BCUT2D eigenvalue weighted by Gasteiger charge is 2.35. The van der Waals surface area contributed by atoms with Crippen molar-refractivity contribution in [1.29, 1.82) is 0 Å². The molecule has 1 aliphatic heterocycles. The molecular weight excluding hydrogens is 300 g/mol. The van der Waals surface area contributed by atoms with Crippen LogP contribution < -0.4 is 5.32 Å². The Hall–Kier alpha value is -1.39. The number of nitrogens with one attached hydrogen (secondary N) is 1. The molecule has 1 atom stereocenters. The Kier molecular flexibility index (Phi) is 5.90. The van der Waals surface area contributed by atoms with Gasteiger partial charge < -0.3 is 10.1 Å². The molecule has 0 spiro atoms. The molecule has 1 aromatic rings. The smallest absolute Gasteiger partial charge is 0.239 e. The highest BCUT2D eigenvalue weighted by Crippen LogP contribution is 2.26. The molecule has 2 fully saturated rings. The molecule has 132 valence electrons. The number of carbonyl (C=O) groups excluding carboxylic acids is 1. The first-order valence-corrected chi connectivity index (χ1v) is 9.32. The molecule has 1 aromatic carbocycles. The van der Waals surface area contributed by atoms with E-state index in [0.29, 0.717) is 19.2 Å². The van der Waals surface area contributed by atoms with Crippen molar-refractivity contribution in [1.82, 2.24) is 10.2 Å². The molecule has 1 saturated heterocycles. The van der Waals surface area contributed by atoms with Crippen molar-refractivity contribution in [3.05, 3.63) is 34.9 Å². The monoisotopic (exact) mass is 330 g/mol. The summed E-state index contributed by atoms with van der Waals surface area (Å²) in [5, 5.41) is 3.13. The van der Waals surface area contributed by atoms with Crippen LogP contribution in [-0.4, -0.2) is 49.2 Å². The van der Waals surface area contributed by atoms with Crippen LogP contribution in [0, 0.1) is 13.8 Å². The average molecular weight is 330 g/mol. The van der Waals surface area contributed by atoms with Gasteiger partial charge in [0.1, 0.15) is 6.04 Å². The summed E-state index contributed by atoms with van der Waals surface area (Å²) in [7, 11) is 0. The van der Waals surface area contributed by atoms with Crippen molar-refractivity contribution in [3.63, 3.8) is 0 Å². The minimum atomic E-state index is -0.110. The second-order valence-corrected chi connectivity index (χ2v) is 7.30. The molecule has 1 saturated carbocycles. The van der Waals surface area contributed by atoms with Gasteiger partial charge in [-0.2, -0.15) is 0 Å². The number of hydrogen-bond acceptors (Lipinski definition) is 3. The molecular formula is C20H30N2O2. The predicted molar refractivity (Wildman–Crippen MR) is 96.2 cm³/mol. The van der Waals surface area contributed by atoms with Gasteiger partial charge in [-0.1, -0.05) is 42.2 Å². The molecule has 4 nitrogen and oxygen atoms in total. The second kappa shape index (κ2) is 8.13. The Morgan fingerprint density at radius 3 is 2.62 bits per heavy atom. The van der Waals surface area contributed by atoms with Crippen LogP contribution in [0.15, 0.2) is 18.2 Å². The summed E-state index contributed by atoms with van der Waals surface area (Å²) in [4.78, 5) is 15.0. The molecule has 1 aliphatic carbocycles. The van der Waals surface area contributed by atoms with Crippen molar-refractivity contribution in [2.24, 2.45) is 0 Å². The third-order valence-corrected chi connectivity index (χ3v) is 5.26. The molecule has 24 heavy (non-hydrogen) atoms. The lowest BCUT2D eigenvalue weighted by atomic mass is 10.0. The van der Waals surface area contributed by atoms with E-state index in [9.17, 15) is 4.79 Å². The van der Waals surface area contributed by atoms with Crippen LogP contribution in [-0.2, 0) is 16.0 Å². The summed E-state index contributed by atoms with van der Waals surface area (Å²) in [6.45, 7) is 7.10. The summed E-state index contributed by atoms with van der Waals surface area (Å²) >= 11 is 0. The third kappa shape index (κ3) is 4.37. The van der Waals surface area contributed by atoms with Gasteiger partial charge in [0.05, 0.1) is 13.2 Å².